The van der Waals surface area contributed by atoms with Crippen LogP contribution in [0.15, 0.2) is 58.6 Å². The maximum Gasteiger partial charge on any atom is 0.243 e. The van der Waals surface area contributed by atoms with Crippen molar-refractivity contribution in [1.29, 1.82) is 0 Å². The maximum absolute atomic E-state index is 12.9. The maximum atomic E-state index is 12.9. The van der Waals surface area contributed by atoms with Crippen molar-refractivity contribution < 1.29 is 13.2 Å². The highest BCUT2D eigenvalue weighted by Crippen LogP contribution is 2.27. The summed E-state index contributed by atoms with van der Waals surface area (Å²) < 4.78 is 29.3. The molecule has 34 heavy (non-hydrogen) atoms. The van der Waals surface area contributed by atoms with E-state index in [1.165, 1.54) is 11.8 Å². The minimum atomic E-state index is -3.48. The molecule has 1 aliphatic rings. The summed E-state index contributed by atoms with van der Waals surface area (Å²) >= 11 is 1.32. The largest absolute Gasteiger partial charge is 0.325 e. The fraction of sp³-hybridized carbons (Fsp3) is 0.375. The second-order valence-electron chi connectivity index (χ2n) is 8.19. The van der Waals surface area contributed by atoms with Gasteiger partial charge < -0.3 is 9.88 Å². The molecule has 180 valence electrons. The number of para-hydroxylation sites is 1. The minimum absolute atomic E-state index is 0.112. The van der Waals surface area contributed by atoms with Crippen molar-refractivity contribution in [3.05, 3.63) is 54.1 Å². The van der Waals surface area contributed by atoms with E-state index in [1.54, 1.807) is 28.6 Å². The summed E-state index contributed by atoms with van der Waals surface area (Å²) in [6.07, 6.45) is 2.88. The van der Waals surface area contributed by atoms with Gasteiger partial charge in [0.15, 0.2) is 11.0 Å². The number of aryl methyl sites for hydroxylation is 1. The number of aromatic nitrogens is 3. The highest BCUT2D eigenvalue weighted by Gasteiger charge is 2.26. The molecular weight excluding hydrogens is 470 g/mol. The van der Waals surface area contributed by atoms with Crippen LogP contribution in [0.3, 0.4) is 0 Å². The van der Waals surface area contributed by atoms with Crippen molar-refractivity contribution >= 4 is 33.4 Å². The van der Waals surface area contributed by atoms with E-state index in [0.29, 0.717) is 35.5 Å². The predicted octanol–water partition coefficient (Wildman–Crippen LogP) is 4.18. The van der Waals surface area contributed by atoms with Crippen LogP contribution in [0.5, 0.6) is 0 Å². The van der Waals surface area contributed by atoms with Crippen molar-refractivity contribution in [2.45, 2.75) is 49.7 Å². The topological polar surface area (TPSA) is 97.2 Å². The summed E-state index contributed by atoms with van der Waals surface area (Å²) in [7, 11) is -3.48. The van der Waals surface area contributed by atoms with Gasteiger partial charge in [0.05, 0.1) is 10.6 Å². The van der Waals surface area contributed by atoms with Crippen molar-refractivity contribution in [2.24, 2.45) is 0 Å². The van der Waals surface area contributed by atoms with Gasteiger partial charge in [0.2, 0.25) is 15.9 Å². The van der Waals surface area contributed by atoms with Crippen LogP contribution in [0.4, 0.5) is 5.69 Å². The van der Waals surface area contributed by atoms with Gasteiger partial charge in [-0.05, 0) is 62.6 Å². The van der Waals surface area contributed by atoms with Crippen LogP contribution in [0.25, 0.3) is 11.4 Å². The van der Waals surface area contributed by atoms with Crippen molar-refractivity contribution in [1.82, 2.24) is 19.1 Å². The molecule has 3 aromatic rings. The van der Waals surface area contributed by atoms with Crippen LogP contribution in [0.1, 0.15) is 31.7 Å². The number of benzene rings is 2. The van der Waals surface area contributed by atoms with E-state index in [4.69, 9.17) is 0 Å². The first-order valence-corrected chi connectivity index (χ1v) is 13.8. The Morgan fingerprint density at radius 2 is 1.74 bits per heavy atom. The third-order valence-corrected chi connectivity index (χ3v) is 8.73. The number of amides is 1. The molecule has 0 bridgehead atoms. The van der Waals surface area contributed by atoms with Crippen LogP contribution in [0, 0.1) is 6.92 Å². The van der Waals surface area contributed by atoms with E-state index < -0.39 is 10.0 Å². The summed E-state index contributed by atoms with van der Waals surface area (Å²) in [5.41, 5.74) is 2.58. The molecule has 1 saturated heterocycles. The van der Waals surface area contributed by atoms with Gasteiger partial charge in [-0.1, -0.05) is 36.4 Å². The molecule has 10 heteroatoms. The van der Waals surface area contributed by atoms with Gasteiger partial charge in [0, 0.05) is 30.9 Å². The molecule has 2 heterocycles. The first-order valence-electron chi connectivity index (χ1n) is 11.4. The Kier molecular flexibility index (Phi) is 7.70. The molecule has 0 atom stereocenters. The van der Waals surface area contributed by atoms with E-state index in [1.807, 2.05) is 42.7 Å². The van der Waals surface area contributed by atoms with Crippen LogP contribution in [-0.2, 0) is 21.4 Å². The molecule has 1 fully saturated rings. The Morgan fingerprint density at radius 1 is 1.03 bits per heavy atom. The van der Waals surface area contributed by atoms with E-state index in [0.717, 1.165) is 36.1 Å². The number of nitrogens with one attached hydrogen (secondary N) is 1. The van der Waals surface area contributed by atoms with Gasteiger partial charge in [-0.2, -0.15) is 4.31 Å². The van der Waals surface area contributed by atoms with Gasteiger partial charge >= 0.3 is 0 Å². The van der Waals surface area contributed by atoms with E-state index in [9.17, 15) is 13.2 Å². The number of carbonyl (C=O) groups excluding carboxylic acids is 1. The summed E-state index contributed by atoms with van der Waals surface area (Å²) in [5.74, 6) is 0.740. The SMILES string of the molecule is CCn1c(SCC(=O)Nc2ccccc2C)nnc1-c1ccc(S(=O)(=O)N2CCCCC2)cc1. The molecule has 0 saturated carbocycles. The van der Waals surface area contributed by atoms with Gasteiger partial charge in [0.25, 0.3) is 0 Å². The highest BCUT2D eigenvalue weighted by molar-refractivity contribution is 7.99. The zero-order valence-corrected chi connectivity index (χ0v) is 21.0. The quantitative estimate of drug-likeness (QED) is 0.467. The smallest absolute Gasteiger partial charge is 0.243 e. The van der Waals surface area contributed by atoms with Crippen LogP contribution in [-0.4, -0.2) is 52.2 Å². The lowest BCUT2D eigenvalue weighted by Gasteiger charge is -2.25. The second kappa shape index (κ2) is 10.7. The molecule has 1 aliphatic heterocycles. The van der Waals surface area contributed by atoms with E-state index >= 15 is 0 Å². The standard InChI is InChI=1S/C24H29N5O3S2/c1-3-29-23(19-11-13-20(14-12-19)34(31,32)28-15-7-4-8-16-28)26-27-24(29)33-17-22(30)25-21-10-6-5-9-18(21)2/h5-6,9-14H,3-4,7-8,15-17H2,1-2H3,(H,25,30). The Labute approximate surface area is 204 Å². The van der Waals surface area contributed by atoms with Crippen LogP contribution < -0.4 is 5.32 Å². The number of carbonyl (C=O) groups is 1. The Hall–Kier alpha value is -2.69. The van der Waals surface area contributed by atoms with Gasteiger partial charge in [-0.25, -0.2) is 8.42 Å². The Morgan fingerprint density at radius 3 is 2.41 bits per heavy atom. The van der Waals surface area contributed by atoms with Crippen molar-refractivity contribution in [3.63, 3.8) is 0 Å². The molecule has 1 N–H and O–H groups in total. The highest BCUT2D eigenvalue weighted by atomic mass is 32.2. The summed E-state index contributed by atoms with van der Waals surface area (Å²) in [6, 6.07) is 14.5. The average molecular weight is 500 g/mol. The molecule has 0 radical (unpaired) electrons. The van der Waals surface area contributed by atoms with Crippen LogP contribution in [0.2, 0.25) is 0 Å². The predicted molar refractivity (Wildman–Crippen MR) is 134 cm³/mol. The number of sulfonamides is 1. The zero-order valence-electron chi connectivity index (χ0n) is 19.4. The number of rotatable bonds is 8. The third-order valence-electron chi connectivity index (χ3n) is 5.85. The second-order valence-corrected chi connectivity index (χ2v) is 11.1. The molecule has 8 nitrogen and oxygen atoms in total. The lowest BCUT2D eigenvalue weighted by Crippen LogP contribution is -2.35. The summed E-state index contributed by atoms with van der Waals surface area (Å²) in [4.78, 5) is 12.7. The Bertz CT molecular complexity index is 1250. The molecule has 0 aliphatic carbocycles. The van der Waals surface area contributed by atoms with Crippen LogP contribution >= 0.6 is 11.8 Å². The normalized spacial score (nSPS) is 14.8. The summed E-state index contributed by atoms with van der Waals surface area (Å²) in [6.45, 7) is 5.71. The van der Waals surface area contributed by atoms with Gasteiger partial charge in [0.1, 0.15) is 0 Å². The number of hydrogen-bond acceptors (Lipinski definition) is 6. The number of thioether (sulfide) groups is 1. The number of hydrogen-bond donors (Lipinski definition) is 1. The molecule has 1 amide bonds. The van der Waals surface area contributed by atoms with Crippen molar-refractivity contribution in [2.75, 3.05) is 24.2 Å². The minimum Gasteiger partial charge on any atom is -0.325 e. The molecule has 0 unspecified atom stereocenters. The lowest BCUT2D eigenvalue weighted by molar-refractivity contribution is -0.113. The number of nitrogens with zero attached hydrogens (tertiary/aromatic N) is 4. The Balaban J connectivity index is 1.45. The fourth-order valence-corrected chi connectivity index (χ4v) is 6.27. The third kappa shape index (κ3) is 5.34. The molecule has 0 spiro atoms. The monoisotopic (exact) mass is 499 g/mol. The molecule has 4 rings (SSSR count). The van der Waals surface area contributed by atoms with Crippen molar-refractivity contribution in [3.8, 4) is 11.4 Å². The van der Waals surface area contributed by atoms with Gasteiger partial charge in [-0.3, -0.25) is 4.79 Å². The molecule has 2 aromatic carbocycles. The summed E-state index contributed by atoms with van der Waals surface area (Å²) in [5, 5.41) is 12.2. The first-order chi connectivity index (χ1) is 16.4. The van der Waals surface area contributed by atoms with E-state index in [-0.39, 0.29) is 11.7 Å². The number of anilines is 1. The first kappa shape index (κ1) is 24.4. The zero-order chi connectivity index (χ0) is 24.1. The van der Waals surface area contributed by atoms with Gasteiger partial charge in [-0.15, -0.1) is 10.2 Å². The lowest BCUT2D eigenvalue weighted by atomic mass is 10.2. The van der Waals surface area contributed by atoms with E-state index in [2.05, 4.69) is 15.5 Å². The number of piperidine rings is 1. The molecular formula is C24H29N5O3S2. The fourth-order valence-electron chi connectivity index (χ4n) is 3.95. The average Bonchev–Trinajstić information content (AvgIpc) is 3.28. The molecule has 1 aromatic heterocycles.